The number of hydrogen-bond donors (Lipinski definition) is 1. The molecule has 0 unspecified atom stereocenters. The quantitative estimate of drug-likeness (QED) is 0.811. The summed E-state index contributed by atoms with van der Waals surface area (Å²) < 4.78 is 0. The van der Waals surface area contributed by atoms with E-state index in [1.165, 1.54) is 0 Å². The number of ketones is 1. The molecule has 0 aromatic heterocycles. The highest BCUT2D eigenvalue weighted by molar-refractivity contribution is 5.91. The maximum Gasteiger partial charge on any atom is 0.224 e. The highest BCUT2D eigenvalue weighted by Gasteiger charge is 2.35. The predicted molar refractivity (Wildman–Crippen MR) is 99.7 cm³/mol. The van der Waals surface area contributed by atoms with Crippen molar-refractivity contribution in [3.8, 4) is 0 Å². The van der Waals surface area contributed by atoms with Crippen LogP contribution in [0.5, 0.6) is 0 Å². The smallest absolute Gasteiger partial charge is 0.224 e. The van der Waals surface area contributed by atoms with Crippen molar-refractivity contribution < 1.29 is 9.59 Å². The predicted octanol–water partition coefficient (Wildman–Crippen LogP) is 4.26. The van der Waals surface area contributed by atoms with Gasteiger partial charge in [-0.15, -0.1) is 0 Å². The molecule has 0 heterocycles. The lowest BCUT2D eigenvalue weighted by molar-refractivity contribution is -0.134. The van der Waals surface area contributed by atoms with E-state index in [2.05, 4.69) is 19.2 Å². The summed E-state index contributed by atoms with van der Waals surface area (Å²) in [5, 5.41) is 3.05. The van der Waals surface area contributed by atoms with Gasteiger partial charge in [-0.1, -0.05) is 78.8 Å². The summed E-state index contributed by atoms with van der Waals surface area (Å²) in [5.41, 5.74) is 0.847. The lowest BCUT2D eigenvalue weighted by Crippen LogP contribution is -2.52. The Morgan fingerprint density at radius 1 is 1.00 bits per heavy atom. The maximum absolute atomic E-state index is 12.9. The molecule has 0 spiro atoms. The maximum atomic E-state index is 12.9. The summed E-state index contributed by atoms with van der Waals surface area (Å²) in [4.78, 5) is 25.5. The fourth-order valence-corrected chi connectivity index (χ4v) is 2.80. The molecule has 134 valence electrons. The molecule has 0 fully saturated rings. The molecule has 0 saturated carbocycles. The zero-order chi connectivity index (χ0) is 18.5. The third-order valence-corrected chi connectivity index (χ3v) is 4.45. The number of hydrogen-bond acceptors (Lipinski definition) is 2. The van der Waals surface area contributed by atoms with Gasteiger partial charge in [-0.25, -0.2) is 0 Å². The van der Waals surface area contributed by atoms with Crippen LogP contribution < -0.4 is 5.32 Å². The van der Waals surface area contributed by atoms with Crippen LogP contribution in [0.1, 0.15) is 54.0 Å². The second kappa shape index (κ2) is 8.46. The monoisotopic (exact) mass is 331 g/mol. The summed E-state index contributed by atoms with van der Waals surface area (Å²) in [6.45, 7) is 13.9. The molecule has 1 aromatic rings. The van der Waals surface area contributed by atoms with E-state index in [4.69, 9.17) is 0 Å². The van der Waals surface area contributed by atoms with Gasteiger partial charge in [-0.2, -0.15) is 0 Å². The Morgan fingerprint density at radius 2 is 1.54 bits per heavy atom. The third-order valence-electron chi connectivity index (χ3n) is 4.45. The van der Waals surface area contributed by atoms with Crippen LogP contribution in [0.15, 0.2) is 30.3 Å². The van der Waals surface area contributed by atoms with Gasteiger partial charge < -0.3 is 5.32 Å². The van der Waals surface area contributed by atoms with Crippen LogP contribution in [0.4, 0.5) is 0 Å². The fraction of sp³-hybridized carbons (Fsp3) is 0.619. The van der Waals surface area contributed by atoms with Crippen LogP contribution in [0.25, 0.3) is 0 Å². The summed E-state index contributed by atoms with van der Waals surface area (Å²) in [5.74, 6) is 0.0409. The summed E-state index contributed by atoms with van der Waals surface area (Å²) in [7, 11) is 0. The molecule has 1 amide bonds. The van der Waals surface area contributed by atoms with E-state index in [-0.39, 0.29) is 34.9 Å². The average Bonchev–Trinajstić information content (AvgIpc) is 2.48. The molecule has 1 N–H and O–H groups in total. The van der Waals surface area contributed by atoms with Crippen molar-refractivity contribution in [1.29, 1.82) is 0 Å². The molecular weight excluding hydrogens is 298 g/mol. The number of rotatable bonds is 7. The first-order chi connectivity index (χ1) is 11.0. The van der Waals surface area contributed by atoms with Crippen molar-refractivity contribution in [3.05, 3.63) is 35.9 Å². The van der Waals surface area contributed by atoms with E-state index in [1.54, 1.807) is 0 Å². The minimum absolute atomic E-state index is 0.0252. The van der Waals surface area contributed by atoms with Crippen LogP contribution >= 0.6 is 0 Å². The minimum atomic E-state index is -0.456. The number of carbonyl (C=O) groups is 2. The van der Waals surface area contributed by atoms with Gasteiger partial charge in [-0.3, -0.25) is 9.59 Å². The van der Waals surface area contributed by atoms with Crippen molar-refractivity contribution in [3.63, 3.8) is 0 Å². The fourth-order valence-electron chi connectivity index (χ4n) is 2.80. The SMILES string of the molecule is CC(C)C(=O)[C@@H](NC(=O)[C@H](Cc1ccccc1)C(C)C)C(C)(C)C. The van der Waals surface area contributed by atoms with Gasteiger partial charge in [-0.05, 0) is 23.3 Å². The number of benzene rings is 1. The third kappa shape index (κ3) is 5.77. The van der Waals surface area contributed by atoms with Gasteiger partial charge in [0, 0.05) is 11.8 Å². The Morgan fingerprint density at radius 3 is 1.96 bits per heavy atom. The number of nitrogens with one attached hydrogen (secondary N) is 1. The number of Topliss-reactive ketones (excluding diaryl/α,β-unsaturated/α-hetero) is 1. The first-order valence-corrected chi connectivity index (χ1v) is 8.92. The van der Waals surface area contributed by atoms with Gasteiger partial charge in [0.25, 0.3) is 0 Å². The number of amides is 1. The average molecular weight is 332 g/mol. The highest BCUT2D eigenvalue weighted by Crippen LogP contribution is 2.24. The molecule has 0 aliphatic carbocycles. The van der Waals surface area contributed by atoms with Crippen molar-refractivity contribution in [2.24, 2.45) is 23.2 Å². The van der Waals surface area contributed by atoms with Crippen LogP contribution in [-0.4, -0.2) is 17.7 Å². The van der Waals surface area contributed by atoms with E-state index in [0.717, 1.165) is 5.56 Å². The van der Waals surface area contributed by atoms with E-state index in [9.17, 15) is 9.59 Å². The van der Waals surface area contributed by atoms with Crippen molar-refractivity contribution >= 4 is 11.7 Å². The minimum Gasteiger partial charge on any atom is -0.345 e. The van der Waals surface area contributed by atoms with E-state index < -0.39 is 6.04 Å². The van der Waals surface area contributed by atoms with Crippen LogP contribution in [0.3, 0.4) is 0 Å². The molecule has 1 rings (SSSR count). The Labute approximate surface area is 147 Å². The molecule has 3 heteroatoms. The Bertz CT molecular complexity index is 541. The van der Waals surface area contributed by atoms with E-state index >= 15 is 0 Å². The Hall–Kier alpha value is -1.64. The molecule has 3 nitrogen and oxygen atoms in total. The van der Waals surface area contributed by atoms with Crippen molar-refractivity contribution in [1.82, 2.24) is 5.32 Å². The van der Waals surface area contributed by atoms with Gasteiger partial charge in [0.05, 0.1) is 6.04 Å². The largest absolute Gasteiger partial charge is 0.345 e. The molecule has 0 radical (unpaired) electrons. The Balaban J connectivity index is 2.95. The normalized spacial score (nSPS) is 14.5. The van der Waals surface area contributed by atoms with Gasteiger partial charge in [0.15, 0.2) is 5.78 Å². The molecule has 0 aliphatic rings. The zero-order valence-corrected chi connectivity index (χ0v) is 16.2. The molecule has 0 saturated heterocycles. The first kappa shape index (κ1) is 20.4. The second-order valence-corrected chi connectivity index (χ2v) is 8.40. The molecule has 24 heavy (non-hydrogen) atoms. The van der Waals surface area contributed by atoms with Crippen LogP contribution in [0, 0.1) is 23.2 Å². The summed E-state index contributed by atoms with van der Waals surface area (Å²) >= 11 is 0. The summed E-state index contributed by atoms with van der Waals surface area (Å²) in [6, 6.07) is 9.59. The summed E-state index contributed by atoms with van der Waals surface area (Å²) in [6.07, 6.45) is 0.692. The Kier molecular flexibility index (Phi) is 7.19. The number of carbonyl (C=O) groups excluding carboxylic acids is 2. The lowest BCUT2D eigenvalue weighted by Gasteiger charge is -2.33. The molecule has 1 aromatic carbocycles. The van der Waals surface area contributed by atoms with Gasteiger partial charge in [0.1, 0.15) is 0 Å². The zero-order valence-electron chi connectivity index (χ0n) is 16.2. The molecule has 0 bridgehead atoms. The van der Waals surface area contributed by atoms with Gasteiger partial charge >= 0.3 is 0 Å². The van der Waals surface area contributed by atoms with Crippen molar-refractivity contribution in [2.45, 2.75) is 60.9 Å². The van der Waals surface area contributed by atoms with Crippen molar-refractivity contribution in [2.75, 3.05) is 0 Å². The van der Waals surface area contributed by atoms with Crippen LogP contribution in [0.2, 0.25) is 0 Å². The standard InChI is InChI=1S/C21H33NO2/c1-14(2)17(13-16-11-9-8-10-12-16)20(24)22-19(21(5,6)7)18(23)15(3)4/h8-12,14-15,17,19H,13H2,1-7H3,(H,22,24)/t17-,19-/m1/s1. The first-order valence-electron chi connectivity index (χ1n) is 8.92. The lowest BCUT2D eigenvalue weighted by atomic mass is 9.80. The highest BCUT2D eigenvalue weighted by atomic mass is 16.2. The topological polar surface area (TPSA) is 46.2 Å². The van der Waals surface area contributed by atoms with Gasteiger partial charge in [0.2, 0.25) is 5.91 Å². The van der Waals surface area contributed by atoms with E-state index in [0.29, 0.717) is 6.42 Å². The van der Waals surface area contributed by atoms with E-state index in [1.807, 2.05) is 65.0 Å². The molecule has 0 aliphatic heterocycles. The van der Waals surface area contributed by atoms with Crippen LogP contribution in [-0.2, 0) is 16.0 Å². The molecular formula is C21H33NO2. The molecule has 2 atom stereocenters. The second-order valence-electron chi connectivity index (χ2n) is 8.40.